The van der Waals surface area contributed by atoms with Crippen molar-refractivity contribution in [3.63, 3.8) is 0 Å². The number of carbonyl (C=O) groups is 1. The normalized spacial score (nSPS) is 16.5. The molecule has 8 heteroatoms. The molecule has 4 rings (SSSR count). The molecule has 0 bridgehead atoms. The van der Waals surface area contributed by atoms with Crippen molar-refractivity contribution < 1.29 is 9.53 Å². The molecule has 0 spiro atoms. The number of aromatic nitrogens is 2. The van der Waals surface area contributed by atoms with Crippen molar-refractivity contribution in [3.05, 3.63) is 51.3 Å². The van der Waals surface area contributed by atoms with Crippen LogP contribution in [0.5, 0.6) is 0 Å². The Morgan fingerprint density at radius 2 is 1.89 bits per heavy atom. The van der Waals surface area contributed by atoms with Gasteiger partial charge in [-0.3, -0.25) is 4.79 Å². The van der Waals surface area contributed by atoms with E-state index in [1.165, 1.54) is 0 Å². The van der Waals surface area contributed by atoms with Crippen LogP contribution < -0.4 is 4.90 Å². The number of halogens is 2. The van der Waals surface area contributed by atoms with Crippen LogP contribution in [0.2, 0.25) is 10.0 Å². The van der Waals surface area contributed by atoms with E-state index in [4.69, 9.17) is 27.9 Å². The Kier molecular flexibility index (Phi) is 5.48. The average molecular weight is 407 g/mol. The summed E-state index contributed by atoms with van der Waals surface area (Å²) in [6, 6.07) is 5.39. The number of morpholine rings is 1. The van der Waals surface area contributed by atoms with Crippen molar-refractivity contribution in [2.45, 2.75) is 25.9 Å². The minimum absolute atomic E-state index is 0.0666. The third kappa shape index (κ3) is 4.03. The molecule has 3 heterocycles. The maximum absolute atomic E-state index is 12.7. The molecule has 1 saturated heterocycles. The number of hydrogen-bond donors (Lipinski definition) is 0. The van der Waals surface area contributed by atoms with Crippen LogP contribution in [0.1, 0.15) is 23.2 Å². The summed E-state index contributed by atoms with van der Waals surface area (Å²) in [4.78, 5) is 25.7. The first-order valence-corrected chi connectivity index (χ1v) is 9.75. The van der Waals surface area contributed by atoms with Gasteiger partial charge in [-0.05, 0) is 24.1 Å². The van der Waals surface area contributed by atoms with Gasteiger partial charge in [0.15, 0.2) is 0 Å². The Morgan fingerprint density at radius 3 is 2.63 bits per heavy atom. The Labute approximate surface area is 168 Å². The number of carbonyl (C=O) groups excluding carboxylic acids is 1. The fraction of sp³-hybridized carbons (Fsp3) is 0.421. The number of fused-ring (bicyclic) bond motifs is 1. The standard InChI is InChI=1S/C19H20Cl2N4O2/c20-15-2-1-3-16(21)14(15)4-5-18(26)25-11-13-10-22-19(23-17(13)12-25)24-6-8-27-9-7-24/h1-3,10H,4-9,11-12H2. The molecular weight excluding hydrogens is 387 g/mol. The molecule has 0 radical (unpaired) electrons. The van der Waals surface area contributed by atoms with Gasteiger partial charge in [-0.1, -0.05) is 29.3 Å². The predicted molar refractivity (Wildman–Crippen MR) is 104 cm³/mol. The highest BCUT2D eigenvalue weighted by Crippen LogP contribution is 2.27. The van der Waals surface area contributed by atoms with E-state index >= 15 is 0 Å². The number of amides is 1. The summed E-state index contributed by atoms with van der Waals surface area (Å²) in [5.41, 5.74) is 2.76. The fourth-order valence-corrected chi connectivity index (χ4v) is 3.98. The van der Waals surface area contributed by atoms with Gasteiger partial charge < -0.3 is 14.5 Å². The Hall–Kier alpha value is -1.89. The predicted octanol–water partition coefficient (Wildman–Crippen LogP) is 3.10. The molecule has 0 saturated carbocycles. The number of ether oxygens (including phenoxy) is 1. The molecule has 27 heavy (non-hydrogen) atoms. The lowest BCUT2D eigenvalue weighted by Gasteiger charge is -2.26. The topological polar surface area (TPSA) is 58.6 Å². The van der Waals surface area contributed by atoms with Crippen molar-refractivity contribution in [2.24, 2.45) is 0 Å². The molecule has 1 aromatic carbocycles. The van der Waals surface area contributed by atoms with Gasteiger partial charge in [-0.2, -0.15) is 0 Å². The largest absolute Gasteiger partial charge is 0.378 e. The van der Waals surface area contributed by atoms with Crippen LogP contribution in [-0.2, 0) is 29.0 Å². The molecule has 142 valence electrons. The number of benzene rings is 1. The van der Waals surface area contributed by atoms with Crippen LogP contribution in [0.4, 0.5) is 5.95 Å². The summed E-state index contributed by atoms with van der Waals surface area (Å²) in [7, 11) is 0. The lowest BCUT2D eigenvalue weighted by Crippen LogP contribution is -2.37. The number of rotatable bonds is 4. The zero-order valence-electron chi connectivity index (χ0n) is 14.8. The van der Waals surface area contributed by atoms with E-state index in [0.717, 1.165) is 29.9 Å². The molecule has 1 aromatic heterocycles. The summed E-state index contributed by atoms with van der Waals surface area (Å²) in [5, 5.41) is 1.20. The fourth-order valence-electron chi connectivity index (χ4n) is 3.40. The Bertz CT molecular complexity index is 835. The lowest BCUT2D eigenvalue weighted by molar-refractivity contribution is -0.131. The first-order chi connectivity index (χ1) is 13.1. The molecule has 0 N–H and O–H groups in total. The third-order valence-electron chi connectivity index (χ3n) is 4.94. The summed E-state index contributed by atoms with van der Waals surface area (Å²) in [5.74, 6) is 0.783. The smallest absolute Gasteiger partial charge is 0.225 e. The second kappa shape index (κ2) is 8.00. The van der Waals surface area contributed by atoms with E-state index in [9.17, 15) is 4.79 Å². The molecule has 0 aliphatic carbocycles. The molecule has 0 atom stereocenters. The Balaban J connectivity index is 1.39. The van der Waals surface area contributed by atoms with Crippen molar-refractivity contribution in [3.8, 4) is 0 Å². The molecular formula is C19H20Cl2N4O2. The minimum Gasteiger partial charge on any atom is -0.378 e. The maximum atomic E-state index is 12.7. The Morgan fingerprint density at radius 1 is 1.15 bits per heavy atom. The maximum Gasteiger partial charge on any atom is 0.225 e. The van der Waals surface area contributed by atoms with Crippen LogP contribution in [0.25, 0.3) is 0 Å². The summed E-state index contributed by atoms with van der Waals surface area (Å²) in [6.45, 7) is 4.03. The van der Waals surface area contributed by atoms with Crippen LogP contribution >= 0.6 is 23.2 Å². The molecule has 6 nitrogen and oxygen atoms in total. The highest BCUT2D eigenvalue weighted by atomic mass is 35.5. The van der Waals surface area contributed by atoms with Gasteiger partial charge in [0.1, 0.15) is 0 Å². The van der Waals surface area contributed by atoms with Crippen molar-refractivity contribution >= 4 is 35.1 Å². The number of nitrogens with zero attached hydrogens (tertiary/aromatic N) is 4. The molecule has 2 aromatic rings. The van der Waals surface area contributed by atoms with Gasteiger partial charge in [0, 0.05) is 47.9 Å². The zero-order chi connectivity index (χ0) is 18.8. The highest BCUT2D eigenvalue weighted by molar-refractivity contribution is 6.36. The van der Waals surface area contributed by atoms with Crippen LogP contribution in [-0.4, -0.2) is 47.1 Å². The minimum atomic E-state index is 0.0666. The monoisotopic (exact) mass is 406 g/mol. The van der Waals surface area contributed by atoms with Gasteiger partial charge >= 0.3 is 0 Å². The van der Waals surface area contributed by atoms with E-state index in [2.05, 4.69) is 14.9 Å². The van der Waals surface area contributed by atoms with E-state index in [1.807, 2.05) is 11.1 Å². The van der Waals surface area contributed by atoms with Crippen LogP contribution in [0.15, 0.2) is 24.4 Å². The second-order valence-corrected chi connectivity index (χ2v) is 7.51. The first-order valence-electron chi connectivity index (χ1n) is 9.00. The van der Waals surface area contributed by atoms with Gasteiger partial charge in [0.05, 0.1) is 25.5 Å². The number of anilines is 1. The van der Waals surface area contributed by atoms with E-state index in [-0.39, 0.29) is 5.91 Å². The third-order valence-corrected chi connectivity index (χ3v) is 5.65. The molecule has 0 unspecified atom stereocenters. The second-order valence-electron chi connectivity index (χ2n) is 6.69. The number of hydrogen-bond acceptors (Lipinski definition) is 5. The zero-order valence-corrected chi connectivity index (χ0v) is 16.3. The van der Waals surface area contributed by atoms with Gasteiger partial charge in [0.25, 0.3) is 0 Å². The molecule has 1 fully saturated rings. The van der Waals surface area contributed by atoms with Gasteiger partial charge in [-0.15, -0.1) is 0 Å². The quantitative estimate of drug-likeness (QED) is 0.780. The van der Waals surface area contributed by atoms with Crippen molar-refractivity contribution in [1.82, 2.24) is 14.9 Å². The highest BCUT2D eigenvalue weighted by Gasteiger charge is 2.26. The van der Waals surface area contributed by atoms with Crippen LogP contribution in [0, 0.1) is 0 Å². The average Bonchev–Trinajstić information content (AvgIpc) is 3.11. The summed E-state index contributed by atoms with van der Waals surface area (Å²) >= 11 is 12.4. The summed E-state index contributed by atoms with van der Waals surface area (Å²) < 4.78 is 5.37. The van der Waals surface area contributed by atoms with E-state index < -0.39 is 0 Å². The molecule has 2 aliphatic rings. The first kappa shape index (κ1) is 18.5. The lowest BCUT2D eigenvalue weighted by atomic mass is 10.1. The molecule has 2 aliphatic heterocycles. The van der Waals surface area contributed by atoms with Crippen molar-refractivity contribution in [2.75, 3.05) is 31.2 Å². The molecule has 1 amide bonds. The van der Waals surface area contributed by atoms with Crippen molar-refractivity contribution in [1.29, 1.82) is 0 Å². The van der Waals surface area contributed by atoms with E-state index in [1.54, 1.807) is 18.2 Å². The van der Waals surface area contributed by atoms with Gasteiger partial charge in [0.2, 0.25) is 11.9 Å². The summed E-state index contributed by atoms with van der Waals surface area (Å²) in [6.07, 6.45) is 2.72. The van der Waals surface area contributed by atoms with Gasteiger partial charge in [-0.25, -0.2) is 9.97 Å². The van der Waals surface area contributed by atoms with E-state index in [0.29, 0.717) is 55.1 Å². The van der Waals surface area contributed by atoms with Crippen LogP contribution in [0.3, 0.4) is 0 Å². The SMILES string of the molecule is O=C(CCc1c(Cl)cccc1Cl)N1Cc2cnc(N3CCOCC3)nc2C1.